The highest BCUT2D eigenvalue weighted by Gasteiger charge is 2.26. The topological polar surface area (TPSA) is 88.1 Å². The summed E-state index contributed by atoms with van der Waals surface area (Å²) in [4.78, 5) is 16.2. The number of nitrogens with zero attached hydrogens (tertiary/aromatic N) is 4. The first-order valence-electron chi connectivity index (χ1n) is 7.86. The molecular formula is C15H17ClN6O2. The van der Waals surface area contributed by atoms with Crippen LogP contribution in [0.2, 0.25) is 0 Å². The van der Waals surface area contributed by atoms with Crippen LogP contribution in [0.5, 0.6) is 0 Å². The van der Waals surface area contributed by atoms with Crippen LogP contribution < -0.4 is 5.32 Å². The van der Waals surface area contributed by atoms with E-state index in [4.69, 9.17) is 16.5 Å². The van der Waals surface area contributed by atoms with Gasteiger partial charge in [-0.05, 0) is 19.8 Å². The zero-order valence-electron chi connectivity index (χ0n) is 13.1. The van der Waals surface area contributed by atoms with Gasteiger partial charge in [-0.3, -0.25) is 14.1 Å². The second-order valence-corrected chi connectivity index (χ2v) is 6.25. The molecule has 0 aromatic carbocycles. The van der Waals surface area contributed by atoms with Crippen molar-refractivity contribution in [2.75, 3.05) is 11.9 Å². The Labute approximate surface area is 143 Å². The van der Waals surface area contributed by atoms with Crippen LogP contribution in [-0.4, -0.2) is 36.7 Å². The fourth-order valence-electron chi connectivity index (χ4n) is 2.65. The third kappa shape index (κ3) is 2.84. The maximum Gasteiger partial charge on any atom is 0.358 e. The maximum atomic E-state index is 11.9. The van der Waals surface area contributed by atoms with Gasteiger partial charge in [0.1, 0.15) is 11.6 Å². The molecule has 0 radical (unpaired) electrons. The smallest absolute Gasteiger partial charge is 0.358 e. The number of fused-ring (bicyclic) bond motifs is 1. The number of hydrogen-bond donors (Lipinski definition) is 2. The van der Waals surface area contributed by atoms with Crippen molar-refractivity contribution in [3.8, 4) is 0 Å². The summed E-state index contributed by atoms with van der Waals surface area (Å²) in [5.74, 6) is 2.17. The summed E-state index contributed by atoms with van der Waals surface area (Å²) in [5, 5.41) is 10.5. The molecule has 1 aliphatic heterocycles. The summed E-state index contributed by atoms with van der Waals surface area (Å²) >= 11 is 6.14. The van der Waals surface area contributed by atoms with E-state index in [1.54, 1.807) is 23.9 Å². The van der Waals surface area contributed by atoms with Gasteiger partial charge in [0, 0.05) is 35.7 Å². The fraction of sp³-hybridized carbons (Fsp3) is 0.400. The van der Waals surface area contributed by atoms with E-state index in [-0.39, 0.29) is 5.69 Å². The molecule has 2 aromatic heterocycles. The molecule has 1 fully saturated rings. The van der Waals surface area contributed by atoms with Crippen LogP contribution in [0, 0.1) is 0 Å². The molecule has 8 nitrogen and oxygen atoms in total. The summed E-state index contributed by atoms with van der Waals surface area (Å²) in [7, 11) is 0. The lowest BCUT2D eigenvalue weighted by Crippen LogP contribution is -2.21. The lowest BCUT2D eigenvalue weighted by atomic mass is 10.3. The third-order valence-electron chi connectivity index (χ3n) is 3.95. The van der Waals surface area contributed by atoms with Gasteiger partial charge in [0.15, 0.2) is 11.5 Å². The molecule has 3 heterocycles. The van der Waals surface area contributed by atoms with E-state index in [0.29, 0.717) is 36.5 Å². The number of H-pyrrole nitrogens is 1. The molecule has 4 rings (SSSR count). The van der Waals surface area contributed by atoms with Gasteiger partial charge in [-0.25, -0.2) is 9.78 Å². The van der Waals surface area contributed by atoms with Gasteiger partial charge in [-0.2, -0.15) is 5.10 Å². The van der Waals surface area contributed by atoms with Crippen molar-refractivity contribution in [1.29, 1.82) is 0 Å². The van der Waals surface area contributed by atoms with Crippen LogP contribution in [0.25, 0.3) is 5.82 Å². The monoisotopic (exact) mass is 348 g/mol. The summed E-state index contributed by atoms with van der Waals surface area (Å²) in [6.45, 7) is 2.46. The Bertz CT molecular complexity index is 807. The number of anilines is 1. The number of hydrogen-bond acceptors (Lipinski definition) is 6. The number of carbonyl (C=O) groups is 1. The standard InChI is InChI=1S/C15H17ClN6O2/c1-2-24-15(23)11-6-22-13(17-11)7-21(16)8-14(22)18-12-5-10(19-20-12)9-3-4-9/h5-6,8-9H,2-4,7H2,1H3,(H2,18,19,20). The van der Waals surface area contributed by atoms with E-state index < -0.39 is 5.97 Å². The molecule has 2 aliphatic rings. The van der Waals surface area contributed by atoms with Crippen LogP contribution in [0.4, 0.5) is 5.82 Å². The minimum absolute atomic E-state index is 0.257. The number of esters is 1. The number of nitrogens with one attached hydrogen (secondary N) is 2. The van der Waals surface area contributed by atoms with Gasteiger partial charge in [0.2, 0.25) is 0 Å². The predicted octanol–water partition coefficient (Wildman–Crippen LogP) is 2.50. The van der Waals surface area contributed by atoms with Crippen molar-refractivity contribution in [3.63, 3.8) is 0 Å². The van der Waals surface area contributed by atoms with Gasteiger partial charge >= 0.3 is 5.97 Å². The fourth-order valence-corrected chi connectivity index (χ4v) is 2.84. The van der Waals surface area contributed by atoms with Gasteiger partial charge in [0.25, 0.3) is 0 Å². The Morgan fingerprint density at radius 3 is 3.12 bits per heavy atom. The van der Waals surface area contributed by atoms with E-state index >= 15 is 0 Å². The number of aromatic nitrogens is 4. The second kappa shape index (κ2) is 5.86. The minimum atomic E-state index is -0.448. The lowest BCUT2D eigenvalue weighted by molar-refractivity contribution is 0.0520. The first kappa shape index (κ1) is 15.1. The van der Waals surface area contributed by atoms with Crippen molar-refractivity contribution in [3.05, 3.63) is 35.7 Å². The Balaban J connectivity index is 1.59. The summed E-state index contributed by atoms with van der Waals surface area (Å²) in [6, 6.07) is 1.99. The second-order valence-electron chi connectivity index (χ2n) is 5.81. The number of halogens is 1. The van der Waals surface area contributed by atoms with Gasteiger partial charge in [-0.15, -0.1) is 0 Å². The average molecular weight is 349 g/mol. The van der Waals surface area contributed by atoms with Crippen LogP contribution in [0.3, 0.4) is 0 Å². The Morgan fingerprint density at radius 1 is 1.54 bits per heavy atom. The molecule has 24 heavy (non-hydrogen) atoms. The van der Waals surface area contributed by atoms with Crippen molar-refractivity contribution in [1.82, 2.24) is 24.2 Å². The lowest BCUT2D eigenvalue weighted by Gasteiger charge is -2.22. The molecule has 126 valence electrons. The van der Waals surface area contributed by atoms with Crippen molar-refractivity contribution < 1.29 is 9.53 Å². The van der Waals surface area contributed by atoms with Gasteiger partial charge in [0.05, 0.1) is 19.4 Å². The van der Waals surface area contributed by atoms with E-state index in [2.05, 4.69) is 20.5 Å². The predicted molar refractivity (Wildman–Crippen MR) is 88.0 cm³/mol. The van der Waals surface area contributed by atoms with Crippen molar-refractivity contribution in [2.24, 2.45) is 0 Å². The molecule has 1 aliphatic carbocycles. The molecule has 0 spiro atoms. The SMILES string of the molecule is CCOC(=O)c1cn2c(n1)CN(Cl)C=C2Nc1cc(C2CC2)[nH]n1. The first-order valence-corrected chi connectivity index (χ1v) is 8.20. The number of imidazole rings is 1. The highest BCUT2D eigenvalue weighted by Crippen LogP contribution is 2.39. The van der Waals surface area contributed by atoms with Crippen LogP contribution in [-0.2, 0) is 11.3 Å². The number of carbonyl (C=O) groups excluding carboxylic acids is 1. The highest BCUT2D eigenvalue weighted by molar-refractivity contribution is 6.14. The first-order chi connectivity index (χ1) is 11.6. The van der Waals surface area contributed by atoms with E-state index in [9.17, 15) is 4.79 Å². The minimum Gasteiger partial charge on any atom is -0.461 e. The van der Waals surface area contributed by atoms with Crippen molar-refractivity contribution >= 4 is 29.4 Å². The van der Waals surface area contributed by atoms with Crippen LogP contribution in [0.15, 0.2) is 18.5 Å². The molecule has 9 heteroatoms. The van der Waals surface area contributed by atoms with E-state index in [1.165, 1.54) is 17.3 Å². The molecule has 0 unspecified atom stereocenters. The molecule has 1 saturated carbocycles. The van der Waals surface area contributed by atoms with E-state index in [0.717, 1.165) is 5.69 Å². The number of rotatable bonds is 5. The maximum absolute atomic E-state index is 11.9. The number of aromatic amines is 1. The largest absolute Gasteiger partial charge is 0.461 e. The summed E-state index contributed by atoms with van der Waals surface area (Å²) in [6.07, 6.45) is 5.78. The number of ether oxygens (including phenoxy) is 1. The molecule has 2 N–H and O–H groups in total. The quantitative estimate of drug-likeness (QED) is 0.637. The molecule has 0 atom stereocenters. The zero-order valence-corrected chi connectivity index (χ0v) is 13.9. The van der Waals surface area contributed by atoms with E-state index in [1.807, 2.05) is 6.07 Å². The molecule has 2 aromatic rings. The molecule has 0 bridgehead atoms. The average Bonchev–Trinajstić information content (AvgIpc) is 3.13. The summed E-state index contributed by atoms with van der Waals surface area (Å²) in [5.41, 5.74) is 1.39. The zero-order chi connectivity index (χ0) is 16.7. The Morgan fingerprint density at radius 2 is 2.38 bits per heavy atom. The summed E-state index contributed by atoms with van der Waals surface area (Å²) < 4.78 is 8.27. The van der Waals surface area contributed by atoms with Crippen molar-refractivity contribution in [2.45, 2.75) is 32.2 Å². The Kier molecular flexibility index (Phi) is 3.68. The highest BCUT2D eigenvalue weighted by atomic mass is 35.5. The molecule has 0 saturated heterocycles. The van der Waals surface area contributed by atoms with Gasteiger partial charge < -0.3 is 10.1 Å². The molecule has 0 amide bonds. The Hall–Kier alpha value is -2.48. The van der Waals surface area contributed by atoms with Gasteiger partial charge in [-0.1, -0.05) is 0 Å². The van der Waals surface area contributed by atoms with Crippen LogP contribution in [0.1, 0.15) is 47.7 Å². The third-order valence-corrected chi connectivity index (χ3v) is 4.17. The van der Waals surface area contributed by atoms with Crippen LogP contribution >= 0.6 is 11.8 Å². The normalized spacial score (nSPS) is 16.6. The molecular weight excluding hydrogens is 332 g/mol.